The average molecular weight is 442 g/mol. The Kier molecular flexibility index (Phi) is 6.67. The monoisotopic (exact) mass is 441 g/mol. The molecule has 3 rings (SSSR count). The Bertz CT molecular complexity index is 735. The Hall–Kier alpha value is -1.18. The van der Waals surface area contributed by atoms with E-state index in [-0.39, 0.29) is 5.91 Å². The van der Waals surface area contributed by atoms with Crippen molar-refractivity contribution in [3.8, 4) is 11.5 Å². The van der Waals surface area contributed by atoms with E-state index in [0.29, 0.717) is 32.1 Å². The van der Waals surface area contributed by atoms with Gasteiger partial charge in [-0.3, -0.25) is 4.79 Å². The zero-order chi connectivity index (χ0) is 17.6. The molecule has 0 unspecified atom stereocenters. The van der Waals surface area contributed by atoms with E-state index >= 15 is 0 Å². The zero-order valence-corrected chi connectivity index (χ0v) is 17.2. The van der Waals surface area contributed by atoms with Crippen molar-refractivity contribution in [2.24, 2.45) is 0 Å². The highest BCUT2D eigenvalue weighted by molar-refractivity contribution is 9.11. The predicted octanol–water partition coefficient (Wildman–Crippen LogP) is 4.81. The maximum atomic E-state index is 12.5. The summed E-state index contributed by atoms with van der Waals surface area (Å²) in [7, 11) is 0. The normalized spacial score (nSPS) is 13.4. The van der Waals surface area contributed by atoms with Gasteiger partial charge in [-0.25, -0.2) is 0 Å². The molecule has 7 heteroatoms. The van der Waals surface area contributed by atoms with E-state index in [1.807, 2.05) is 36.1 Å². The largest absolute Gasteiger partial charge is 0.490 e. The topological polar surface area (TPSA) is 38.8 Å². The molecule has 2 aromatic rings. The molecule has 4 nitrogen and oxygen atoms in total. The lowest BCUT2D eigenvalue weighted by Crippen LogP contribution is -2.31. The minimum Gasteiger partial charge on any atom is -0.490 e. The summed E-state index contributed by atoms with van der Waals surface area (Å²) in [6.45, 7) is 4.73. The lowest BCUT2D eigenvalue weighted by atomic mass is 10.3. The van der Waals surface area contributed by atoms with Crippen LogP contribution in [0.4, 0.5) is 0 Å². The second-order valence-electron chi connectivity index (χ2n) is 5.56. The summed E-state index contributed by atoms with van der Waals surface area (Å²) in [6.07, 6.45) is 0.889. The van der Waals surface area contributed by atoms with Crippen LogP contribution < -0.4 is 9.47 Å². The van der Waals surface area contributed by atoms with Crippen LogP contribution >= 0.6 is 39.0 Å². The van der Waals surface area contributed by atoms with Crippen molar-refractivity contribution in [1.29, 1.82) is 0 Å². The van der Waals surface area contributed by atoms with E-state index in [9.17, 15) is 4.79 Å². The number of amides is 1. The number of rotatable bonds is 6. The molecule has 0 radical (unpaired) electrons. The first kappa shape index (κ1) is 18.6. The highest BCUT2D eigenvalue weighted by Crippen LogP contribution is 2.34. The van der Waals surface area contributed by atoms with Crippen LogP contribution in [0, 0.1) is 0 Å². The minimum absolute atomic E-state index is 0.143. The molecule has 0 aliphatic carbocycles. The van der Waals surface area contributed by atoms with E-state index in [1.165, 1.54) is 16.6 Å². The molecule has 25 heavy (non-hydrogen) atoms. The number of hydrogen-bond acceptors (Lipinski definition) is 5. The van der Waals surface area contributed by atoms with E-state index < -0.39 is 0 Å². The number of thioether (sulfide) groups is 1. The van der Waals surface area contributed by atoms with Gasteiger partial charge < -0.3 is 14.4 Å². The van der Waals surface area contributed by atoms with Gasteiger partial charge in [-0.05, 0) is 53.2 Å². The van der Waals surface area contributed by atoms with Crippen molar-refractivity contribution in [3.63, 3.8) is 0 Å². The van der Waals surface area contributed by atoms with Crippen LogP contribution in [-0.2, 0) is 11.3 Å². The van der Waals surface area contributed by atoms with E-state index in [1.54, 1.807) is 11.3 Å². The van der Waals surface area contributed by atoms with E-state index in [2.05, 4.69) is 22.0 Å². The van der Waals surface area contributed by atoms with Crippen molar-refractivity contribution in [3.05, 3.63) is 39.0 Å². The maximum absolute atomic E-state index is 12.5. The Labute approximate surface area is 164 Å². The number of benzene rings is 1. The molecule has 1 amide bonds. The molecule has 0 saturated heterocycles. The number of fused-ring (bicyclic) bond motifs is 1. The molecular weight excluding hydrogens is 422 g/mol. The number of hydrogen-bond donors (Lipinski definition) is 0. The van der Waals surface area contributed by atoms with Gasteiger partial charge in [0.25, 0.3) is 0 Å². The van der Waals surface area contributed by atoms with Gasteiger partial charge in [-0.1, -0.05) is 0 Å². The number of thiophene rings is 1. The molecule has 0 fully saturated rings. The third-order valence-corrected chi connectivity index (χ3v) is 6.38. The molecule has 134 valence electrons. The summed E-state index contributed by atoms with van der Waals surface area (Å²) in [5, 5.41) is 0. The molecule has 0 bridgehead atoms. The fourth-order valence-electron chi connectivity index (χ4n) is 2.47. The molecule has 0 spiro atoms. The summed E-state index contributed by atoms with van der Waals surface area (Å²) in [5.41, 5.74) is 0. The molecule has 0 atom stereocenters. The smallest absolute Gasteiger partial charge is 0.233 e. The molecule has 2 heterocycles. The third kappa shape index (κ3) is 5.15. The van der Waals surface area contributed by atoms with Crippen LogP contribution in [0.5, 0.6) is 11.5 Å². The fourth-order valence-corrected chi connectivity index (χ4v) is 4.80. The number of carbonyl (C=O) groups excluding carboxylic acids is 1. The summed E-state index contributed by atoms with van der Waals surface area (Å²) < 4.78 is 12.4. The highest BCUT2D eigenvalue weighted by Gasteiger charge is 2.15. The lowest BCUT2D eigenvalue weighted by molar-refractivity contribution is -0.128. The van der Waals surface area contributed by atoms with Crippen LogP contribution in [0.1, 0.15) is 18.2 Å². The van der Waals surface area contributed by atoms with Gasteiger partial charge in [0, 0.05) is 22.7 Å². The zero-order valence-electron chi connectivity index (χ0n) is 14.0. The quantitative estimate of drug-likeness (QED) is 0.602. The van der Waals surface area contributed by atoms with Gasteiger partial charge in [0.05, 0.1) is 29.3 Å². The Balaban J connectivity index is 1.58. The molecular formula is C18H20BrNO3S2. The first-order chi connectivity index (χ1) is 12.2. The van der Waals surface area contributed by atoms with Gasteiger partial charge in [0.2, 0.25) is 5.91 Å². The molecule has 0 N–H and O–H groups in total. The number of halogens is 1. The fraction of sp³-hybridized carbons (Fsp3) is 0.389. The first-order valence-electron chi connectivity index (χ1n) is 8.20. The Morgan fingerprint density at radius 3 is 2.76 bits per heavy atom. The van der Waals surface area contributed by atoms with Gasteiger partial charge in [0.15, 0.2) is 11.5 Å². The average Bonchev–Trinajstić information content (AvgIpc) is 2.89. The minimum atomic E-state index is 0.143. The van der Waals surface area contributed by atoms with Gasteiger partial charge in [-0.2, -0.15) is 0 Å². The number of carbonyl (C=O) groups is 1. The van der Waals surface area contributed by atoms with E-state index in [4.69, 9.17) is 9.47 Å². The molecule has 0 saturated carbocycles. The van der Waals surface area contributed by atoms with Crippen molar-refractivity contribution in [2.75, 3.05) is 25.5 Å². The van der Waals surface area contributed by atoms with Crippen LogP contribution in [-0.4, -0.2) is 36.3 Å². The van der Waals surface area contributed by atoms with Crippen molar-refractivity contribution < 1.29 is 14.3 Å². The SMILES string of the molecule is CCN(Cc1ccc(Br)s1)C(=O)CSc1ccc2c(c1)OCCCO2. The molecule has 1 aromatic carbocycles. The molecule has 1 aliphatic rings. The summed E-state index contributed by atoms with van der Waals surface area (Å²) in [6, 6.07) is 9.95. The molecule has 1 aliphatic heterocycles. The second kappa shape index (κ2) is 8.96. The van der Waals surface area contributed by atoms with Gasteiger partial charge >= 0.3 is 0 Å². The number of ether oxygens (including phenoxy) is 2. The standard InChI is InChI=1S/C18H20BrNO3S2/c1-2-20(11-14-5-7-17(19)25-14)18(21)12-24-13-4-6-15-16(10-13)23-9-3-8-22-15/h4-7,10H,2-3,8-9,11-12H2,1H3. The lowest BCUT2D eigenvalue weighted by Gasteiger charge is -2.20. The Morgan fingerprint density at radius 1 is 1.24 bits per heavy atom. The number of nitrogens with zero attached hydrogens (tertiary/aromatic N) is 1. The summed E-state index contributed by atoms with van der Waals surface area (Å²) >= 11 is 6.67. The summed E-state index contributed by atoms with van der Waals surface area (Å²) in [4.78, 5) is 16.6. The maximum Gasteiger partial charge on any atom is 0.233 e. The van der Waals surface area contributed by atoms with Crippen molar-refractivity contribution in [1.82, 2.24) is 4.90 Å². The molecule has 1 aromatic heterocycles. The Morgan fingerprint density at radius 2 is 2.04 bits per heavy atom. The van der Waals surface area contributed by atoms with Crippen molar-refractivity contribution in [2.45, 2.75) is 24.8 Å². The van der Waals surface area contributed by atoms with Crippen LogP contribution in [0.2, 0.25) is 0 Å². The van der Waals surface area contributed by atoms with Crippen molar-refractivity contribution >= 4 is 44.9 Å². The van der Waals surface area contributed by atoms with Gasteiger partial charge in [-0.15, -0.1) is 23.1 Å². The highest BCUT2D eigenvalue weighted by atomic mass is 79.9. The first-order valence-corrected chi connectivity index (χ1v) is 10.8. The van der Waals surface area contributed by atoms with Crippen LogP contribution in [0.25, 0.3) is 0 Å². The van der Waals surface area contributed by atoms with Gasteiger partial charge in [0.1, 0.15) is 0 Å². The third-order valence-electron chi connectivity index (χ3n) is 3.79. The van der Waals surface area contributed by atoms with Crippen LogP contribution in [0.15, 0.2) is 39.0 Å². The predicted molar refractivity (Wildman–Crippen MR) is 106 cm³/mol. The second-order valence-corrected chi connectivity index (χ2v) is 9.16. The van der Waals surface area contributed by atoms with E-state index in [0.717, 1.165) is 26.6 Å². The summed E-state index contributed by atoms with van der Waals surface area (Å²) in [5.74, 6) is 2.11. The van der Waals surface area contributed by atoms with Crippen LogP contribution in [0.3, 0.4) is 0 Å².